The van der Waals surface area contributed by atoms with E-state index in [1.165, 1.54) is 0 Å². The first-order valence-electron chi connectivity index (χ1n) is 12.0. The number of anilines is 1. The van der Waals surface area contributed by atoms with E-state index in [0.717, 1.165) is 41.4 Å². The maximum Gasteiger partial charge on any atom is 0.177 e. The summed E-state index contributed by atoms with van der Waals surface area (Å²) in [5.74, 6) is 1.66. The number of thiocarbonyl (C=S) groups is 1. The zero-order valence-electron chi connectivity index (χ0n) is 20.6. The van der Waals surface area contributed by atoms with Crippen LogP contribution in [0.2, 0.25) is 0 Å². The number of phenolic OH excluding ortho intramolecular Hbond substituents is 1. The number of fused-ring (bicyclic) bond motifs is 1. The lowest BCUT2D eigenvalue weighted by Gasteiger charge is -2.44. The Kier molecular flexibility index (Phi) is 8.33. The van der Waals surface area contributed by atoms with Gasteiger partial charge >= 0.3 is 0 Å². The van der Waals surface area contributed by atoms with E-state index in [1.807, 2.05) is 23.1 Å². The van der Waals surface area contributed by atoms with Crippen LogP contribution in [0.25, 0.3) is 0 Å². The van der Waals surface area contributed by atoms with E-state index in [-0.39, 0.29) is 11.8 Å². The molecule has 35 heavy (non-hydrogen) atoms. The molecule has 0 saturated carbocycles. The van der Waals surface area contributed by atoms with Gasteiger partial charge in [0.2, 0.25) is 0 Å². The number of aliphatic hydroxyl groups is 1. The Bertz CT molecular complexity index is 1030. The fourth-order valence-corrected chi connectivity index (χ4v) is 5.38. The monoisotopic (exact) mass is 501 g/mol. The summed E-state index contributed by atoms with van der Waals surface area (Å²) in [6, 6.07) is 10.5. The fraction of sp³-hybridized carbons (Fsp3) is 0.500. The number of aromatic hydroxyl groups is 1. The number of phenols is 1. The van der Waals surface area contributed by atoms with Gasteiger partial charge in [-0.2, -0.15) is 0 Å². The Morgan fingerprint density at radius 1 is 1.09 bits per heavy atom. The van der Waals surface area contributed by atoms with Gasteiger partial charge in [0.15, 0.2) is 5.11 Å². The molecule has 1 aliphatic heterocycles. The molecule has 8 nitrogen and oxygen atoms in total. The summed E-state index contributed by atoms with van der Waals surface area (Å²) in [5.41, 5.74) is 2.70. The van der Waals surface area contributed by atoms with Crippen molar-refractivity contribution in [2.24, 2.45) is 0 Å². The van der Waals surface area contributed by atoms with E-state index >= 15 is 0 Å². The van der Waals surface area contributed by atoms with Gasteiger partial charge in [-0.25, -0.2) is 0 Å². The topological polar surface area (TPSA) is 77.9 Å². The maximum atomic E-state index is 11.4. The third kappa shape index (κ3) is 5.48. The minimum atomic E-state index is -0.703. The van der Waals surface area contributed by atoms with Crippen molar-refractivity contribution in [1.29, 1.82) is 0 Å². The van der Waals surface area contributed by atoms with Gasteiger partial charge in [0.25, 0.3) is 0 Å². The third-order valence-electron chi connectivity index (χ3n) is 6.83. The van der Waals surface area contributed by atoms with Crippen LogP contribution in [0.5, 0.6) is 17.2 Å². The molecule has 2 aromatic rings. The Morgan fingerprint density at radius 3 is 2.34 bits per heavy atom. The molecule has 0 radical (unpaired) electrons. The molecule has 0 amide bonds. The number of nitrogens with zero attached hydrogens (tertiary/aromatic N) is 3. The highest BCUT2D eigenvalue weighted by Gasteiger charge is 2.38. The maximum absolute atomic E-state index is 11.4. The number of hydrogen-bond donors (Lipinski definition) is 2. The molecule has 2 aliphatic rings. The van der Waals surface area contributed by atoms with Gasteiger partial charge in [0, 0.05) is 48.9 Å². The molecule has 2 atom stereocenters. The molecule has 2 aromatic carbocycles. The molecule has 1 heterocycles. The third-order valence-corrected chi connectivity index (χ3v) is 7.28. The molecule has 2 unspecified atom stereocenters. The molecule has 190 valence electrons. The fourth-order valence-electron chi connectivity index (χ4n) is 4.95. The van der Waals surface area contributed by atoms with Gasteiger partial charge in [0.05, 0.1) is 46.2 Å². The highest BCUT2D eigenvalue weighted by molar-refractivity contribution is 7.80. The summed E-state index contributed by atoms with van der Waals surface area (Å²) in [5, 5.41) is 22.3. The lowest BCUT2D eigenvalue weighted by atomic mass is 9.84. The van der Waals surface area contributed by atoms with Crippen molar-refractivity contribution in [3.05, 3.63) is 47.5 Å². The summed E-state index contributed by atoms with van der Waals surface area (Å²) in [6.45, 7) is 6.57. The van der Waals surface area contributed by atoms with E-state index in [4.69, 9.17) is 26.4 Å². The predicted octanol–water partition coefficient (Wildman–Crippen LogP) is 2.64. The summed E-state index contributed by atoms with van der Waals surface area (Å²) in [7, 11) is 3.29. The summed E-state index contributed by atoms with van der Waals surface area (Å²) >= 11 is 6.08. The van der Waals surface area contributed by atoms with Gasteiger partial charge in [-0.05, 0) is 49.8 Å². The SMILES string of the molecule is CCN(CN1CCOCC1)C(=S)N(c1cccc(O)c1)C1Cc2c(OC)ccc(OC)c2CC1O. The second-order valence-electron chi connectivity index (χ2n) is 8.87. The number of aliphatic hydroxyl groups excluding tert-OH is 1. The van der Waals surface area contributed by atoms with Gasteiger partial charge in [0.1, 0.15) is 17.2 Å². The van der Waals surface area contributed by atoms with Crippen molar-refractivity contribution in [2.75, 3.05) is 58.6 Å². The van der Waals surface area contributed by atoms with Gasteiger partial charge in [-0.15, -0.1) is 0 Å². The lowest BCUT2D eigenvalue weighted by molar-refractivity contribution is 0.0219. The molecule has 0 bridgehead atoms. The first-order chi connectivity index (χ1) is 17.0. The van der Waals surface area contributed by atoms with Crippen molar-refractivity contribution < 1.29 is 24.4 Å². The zero-order valence-corrected chi connectivity index (χ0v) is 21.5. The number of rotatable bonds is 7. The van der Waals surface area contributed by atoms with E-state index in [1.54, 1.807) is 32.4 Å². The molecule has 0 aromatic heterocycles. The van der Waals surface area contributed by atoms with Gasteiger partial charge in [-0.1, -0.05) is 6.07 Å². The molecule has 1 saturated heterocycles. The average molecular weight is 502 g/mol. The number of morpholine rings is 1. The van der Waals surface area contributed by atoms with Crippen LogP contribution >= 0.6 is 12.2 Å². The standard InChI is InChI=1S/C26H35N3O5S/c1-4-28(17-27-10-12-34-13-11-27)26(35)29(18-6-5-7-19(30)14-18)22-15-20-21(16-23(22)31)25(33-3)9-8-24(20)32-2/h5-9,14,22-23,30-31H,4,10-13,15-17H2,1-3H3. The Balaban J connectivity index is 1.71. The molecule has 1 fully saturated rings. The largest absolute Gasteiger partial charge is 0.508 e. The second kappa shape index (κ2) is 11.4. The van der Waals surface area contributed by atoms with Crippen LogP contribution in [-0.4, -0.2) is 91.0 Å². The molecular weight excluding hydrogens is 466 g/mol. The van der Waals surface area contributed by atoms with Crippen LogP contribution in [-0.2, 0) is 17.6 Å². The lowest BCUT2D eigenvalue weighted by Crippen LogP contribution is -2.57. The van der Waals surface area contributed by atoms with E-state index in [9.17, 15) is 10.2 Å². The summed E-state index contributed by atoms with van der Waals surface area (Å²) < 4.78 is 16.8. The molecule has 0 spiro atoms. The average Bonchev–Trinajstić information content (AvgIpc) is 2.87. The number of hydrogen-bond acceptors (Lipinski definition) is 7. The quantitative estimate of drug-likeness (QED) is 0.557. The van der Waals surface area contributed by atoms with E-state index in [0.29, 0.717) is 44.4 Å². The van der Waals surface area contributed by atoms with Crippen LogP contribution in [0.1, 0.15) is 18.1 Å². The second-order valence-corrected chi connectivity index (χ2v) is 9.24. The molecule has 2 N–H and O–H groups in total. The Morgan fingerprint density at radius 2 is 1.74 bits per heavy atom. The van der Waals surface area contributed by atoms with Gasteiger partial charge in [-0.3, -0.25) is 4.90 Å². The highest BCUT2D eigenvalue weighted by Crippen LogP contribution is 2.39. The molecule has 4 rings (SSSR count). The minimum Gasteiger partial charge on any atom is -0.508 e. The van der Waals surface area contributed by atoms with Crippen LogP contribution in [0.15, 0.2) is 36.4 Å². The van der Waals surface area contributed by atoms with E-state index in [2.05, 4.69) is 16.7 Å². The predicted molar refractivity (Wildman–Crippen MR) is 140 cm³/mol. The first-order valence-corrected chi connectivity index (χ1v) is 12.5. The van der Waals surface area contributed by atoms with Crippen LogP contribution in [0.4, 0.5) is 5.69 Å². The van der Waals surface area contributed by atoms with E-state index < -0.39 is 6.10 Å². The Labute approximate surface area is 212 Å². The molecular formula is C26H35N3O5S. The normalized spacial score (nSPS) is 20.1. The van der Waals surface area contributed by atoms with Crippen molar-refractivity contribution in [3.63, 3.8) is 0 Å². The number of methoxy groups -OCH3 is 2. The van der Waals surface area contributed by atoms with Crippen LogP contribution in [0, 0.1) is 0 Å². The zero-order chi connectivity index (χ0) is 24.9. The Hall–Kier alpha value is -2.59. The van der Waals surface area contributed by atoms with Crippen molar-refractivity contribution >= 4 is 23.0 Å². The van der Waals surface area contributed by atoms with Crippen molar-refractivity contribution in [3.8, 4) is 17.2 Å². The summed E-state index contributed by atoms with van der Waals surface area (Å²) in [6.07, 6.45) is 0.223. The van der Waals surface area contributed by atoms with Gasteiger partial charge < -0.3 is 34.2 Å². The van der Waals surface area contributed by atoms with Crippen LogP contribution < -0.4 is 14.4 Å². The van der Waals surface area contributed by atoms with Crippen molar-refractivity contribution in [1.82, 2.24) is 9.80 Å². The van der Waals surface area contributed by atoms with Crippen molar-refractivity contribution in [2.45, 2.75) is 31.9 Å². The highest BCUT2D eigenvalue weighted by atomic mass is 32.1. The number of benzene rings is 2. The smallest absolute Gasteiger partial charge is 0.177 e. The van der Waals surface area contributed by atoms with Crippen LogP contribution in [0.3, 0.4) is 0 Å². The molecule has 9 heteroatoms. The summed E-state index contributed by atoms with van der Waals surface area (Å²) in [4.78, 5) is 6.45. The number of ether oxygens (including phenoxy) is 3. The minimum absolute atomic E-state index is 0.150. The molecule has 1 aliphatic carbocycles. The first kappa shape index (κ1) is 25.5.